The summed E-state index contributed by atoms with van der Waals surface area (Å²) in [6, 6.07) is 16.9. The number of hydrogen-bond donors (Lipinski definition) is 0. The van der Waals surface area contributed by atoms with Crippen molar-refractivity contribution in [1.29, 1.82) is 0 Å². The normalized spacial score (nSPS) is 18.4. The molecule has 153 valence electrons. The van der Waals surface area contributed by atoms with Gasteiger partial charge in [0.1, 0.15) is 12.3 Å². The van der Waals surface area contributed by atoms with Crippen molar-refractivity contribution in [3.05, 3.63) is 79.6 Å². The van der Waals surface area contributed by atoms with Gasteiger partial charge in [-0.15, -0.1) is 18.3 Å². The number of nitrogens with zero attached hydrogens (tertiary/aromatic N) is 6. The Hall–Kier alpha value is -2.54. The van der Waals surface area contributed by atoms with E-state index in [4.69, 9.17) is 4.74 Å². The van der Waals surface area contributed by atoms with Gasteiger partial charge in [0.2, 0.25) is 0 Å². The number of aromatic nitrogens is 6. The summed E-state index contributed by atoms with van der Waals surface area (Å²) >= 11 is 0. The Bertz CT molecular complexity index is 952. The van der Waals surface area contributed by atoms with E-state index in [1.807, 2.05) is 64.1 Å². The molecule has 0 aliphatic carbocycles. The molecule has 8 heteroatoms. The zero-order valence-electron chi connectivity index (χ0n) is 16.1. The maximum Gasteiger partial charge on any atom is 0.147 e. The smallest absolute Gasteiger partial charge is 0.147 e. The maximum absolute atomic E-state index is 5.46. The van der Waals surface area contributed by atoms with Gasteiger partial charge in [0.25, 0.3) is 0 Å². The predicted octanol–water partition coefficient (Wildman–Crippen LogP) is 3.14. The van der Waals surface area contributed by atoms with Crippen LogP contribution in [0.2, 0.25) is 0 Å². The van der Waals surface area contributed by atoms with Gasteiger partial charge in [0.05, 0.1) is 12.6 Å². The third-order valence-electron chi connectivity index (χ3n) is 4.67. The van der Waals surface area contributed by atoms with E-state index in [1.165, 1.54) is 0 Å². The molecule has 1 saturated heterocycles. The summed E-state index contributed by atoms with van der Waals surface area (Å²) in [5, 5.41) is 8.43. The molecule has 29 heavy (non-hydrogen) atoms. The minimum atomic E-state index is 0. The van der Waals surface area contributed by atoms with Crippen LogP contribution in [0, 0.1) is 18.2 Å². The van der Waals surface area contributed by atoms with Crippen molar-refractivity contribution in [3.63, 3.8) is 0 Å². The van der Waals surface area contributed by atoms with Crippen molar-refractivity contribution in [2.75, 3.05) is 13.2 Å². The predicted molar refractivity (Wildman–Crippen MR) is 104 cm³/mol. The van der Waals surface area contributed by atoms with Crippen LogP contribution >= 0.6 is 0 Å². The molecule has 0 bridgehead atoms. The molecule has 3 aromatic heterocycles. The standard InChI is InChI=1S/C12H15N4O.C9H7N2.Ir/c1-10-8-17-7-4-11(10)16-12(13-9-14-16)15-5-2-3-6-15;1-2-5-9(6-3-1)11-8-4-7-10-11;/h2-3,5,9-11H,4,7-8H2,1H3;1-5,7-8H;/q2*-1;. The first-order valence-electron chi connectivity index (χ1n) is 9.32. The van der Waals surface area contributed by atoms with E-state index in [-0.39, 0.29) is 20.1 Å². The molecule has 1 radical (unpaired) electrons. The minimum Gasteiger partial charge on any atom is -0.420 e. The van der Waals surface area contributed by atoms with Crippen LogP contribution in [0.25, 0.3) is 11.6 Å². The molecule has 1 aliphatic heterocycles. The zero-order valence-corrected chi connectivity index (χ0v) is 18.4. The summed E-state index contributed by atoms with van der Waals surface area (Å²) < 4.78 is 11.1. The quantitative estimate of drug-likeness (QED) is 0.358. The monoisotopic (exact) mass is 567 g/mol. The molecule has 2 atom stereocenters. The molecule has 1 aromatic carbocycles. The van der Waals surface area contributed by atoms with Gasteiger partial charge in [-0.05, 0) is 18.2 Å². The molecule has 5 rings (SSSR count). The molecule has 4 heterocycles. The van der Waals surface area contributed by atoms with Crippen LogP contribution in [0.15, 0.2) is 67.4 Å². The molecule has 2 unspecified atom stereocenters. The van der Waals surface area contributed by atoms with Crippen LogP contribution in [-0.4, -0.2) is 42.3 Å². The molecule has 0 N–H and O–H groups in total. The van der Waals surface area contributed by atoms with Gasteiger partial charge in [-0.25, -0.2) is 4.98 Å². The van der Waals surface area contributed by atoms with Gasteiger partial charge < -0.3 is 9.30 Å². The van der Waals surface area contributed by atoms with Gasteiger partial charge in [-0.1, -0.05) is 13.1 Å². The van der Waals surface area contributed by atoms with Crippen molar-refractivity contribution in [2.45, 2.75) is 19.4 Å². The average Bonchev–Trinajstić information content (AvgIpc) is 3.51. The van der Waals surface area contributed by atoms with Gasteiger partial charge >= 0.3 is 0 Å². The van der Waals surface area contributed by atoms with Gasteiger partial charge in [-0.3, -0.25) is 9.36 Å². The Kier molecular flexibility index (Phi) is 7.52. The molecule has 0 saturated carbocycles. The number of benzene rings is 1. The Morgan fingerprint density at radius 1 is 1.10 bits per heavy atom. The van der Waals surface area contributed by atoms with Crippen molar-refractivity contribution in [1.82, 2.24) is 29.1 Å². The van der Waals surface area contributed by atoms with Crippen LogP contribution < -0.4 is 0 Å². The number of para-hydroxylation sites is 1. The number of ether oxygens (including phenoxy) is 1. The summed E-state index contributed by atoms with van der Waals surface area (Å²) in [7, 11) is 0. The van der Waals surface area contributed by atoms with Crippen LogP contribution in [0.4, 0.5) is 0 Å². The Morgan fingerprint density at radius 2 is 2.03 bits per heavy atom. The first kappa shape index (κ1) is 21.2. The summed E-state index contributed by atoms with van der Waals surface area (Å²) in [5.41, 5.74) is 0.970. The van der Waals surface area contributed by atoms with Crippen LogP contribution in [0.1, 0.15) is 19.4 Å². The van der Waals surface area contributed by atoms with E-state index in [1.54, 1.807) is 17.2 Å². The van der Waals surface area contributed by atoms with E-state index in [9.17, 15) is 0 Å². The van der Waals surface area contributed by atoms with Gasteiger partial charge in [0.15, 0.2) is 0 Å². The van der Waals surface area contributed by atoms with Crippen molar-refractivity contribution < 1.29 is 24.8 Å². The van der Waals surface area contributed by atoms with Crippen LogP contribution in [-0.2, 0) is 24.8 Å². The zero-order chi connectivity index (χ0) is 19.2. The van der Waals surface area contributed by atoms with Gasteiger partial charge in [-0.2, -0.15) is 40.5 Å². The van der Waals surface area contributed by atoms with E-state index in [2.05, 4.69) is 34.4 Å². The first-order valence-corrected chi connectivity index (χ1v) is 9.32. The van der Waals surface area contributed by atoms with E-state index < -0.39 is 0 Å². The van der Waals surface area contributed by atoms with E-state index in [0.29, 0.717) is 12.0 Å². The van der Waals surface area contributed by atoms with Crippen LogP contribution in [0.3, 0.4) is 0 Å². The summed E-state index contributed by atoms with van der Waals surface area (Å²) in [6.45, 7) is 3.78. The molecule has 1 fully saturated rings. The number of rotatable bonds is 3. The fourth-order valence-electron chi connectivity index (χ4n) is 3.24. The van der Waals surface area contributed by atoms with Crippen molar-refractivity contribution >= 4 is 0 Å². The Morgan fingerprint density at radius 3 is 2.72 bits per heavy atom. The third-order valence-corrected chi connectivity index (χ3v) is 4.67. The fraction of sp³-hybridized carbons (Fsp3) is 0.286. The van der Waals surface area contributed by atoms with Crippen molar-refractivity contribution in [3.8, 4) is 11.6 Å². The minimum absolute atomic E-state index is 0. The molecular formula is C21H22IrN6O-2. The second kappa shape index (κ2) is 10.3. The summed E-state index contributed by atoms with van der Waals surface area (Å²) in [6.07, 6.45) is 11.3. The summed E-state index contributed by atoms with van der Waals surface area (Å²) in [5.74, 6) is 1.29. The molecule has 0 amide bonds. The second-order valence-electron chi connectivity index (χ2n) is 6.62. The molecule has 7 nitrogen and oxygen atoms in total. The third kappa shape index (κ3) is 5.09. The van der Waals surface area contributed by atoms with Crippen LogP contribution in [0.5, 0.6) is 0 Å². The molecule has 4 aromatic rings. The van der Waals surface area contributed by atoms with Gasteiger partial charge in [0, 0.05) is 45.0 Å². The van der Waals surface area contributed by atoms with E-state index >= 15 is 0 Å². The second-order valence-corrected chi connectivity index (χ2v) is 6.62. The Balaban J connectivity index is 0.000000174. The number of hydrogen-bond acceptors (Lipinski definition) is 4. The average molecular weight is 567 g/mol. The fourth-order valence-corrected chi connectivity index (χ4v) is 3.24. The Labute approximate surface area is 183 Å². The topological polar surface area (TPSA) is 62.7 Å². The first-order chi connectivity index (χ1) is 13.8. The van der Waals surface area contributed by atoms with Crippen molar-refractivity contribution in [2.24, 2.45) is 5.92 Å². The molecular weight excluding hydrogens is 544 g/mol. The summed E-state index contributed by atoms with van der Waals surface area (Å²) in [4.78, 5) is 4.31. The SMILES string of the molecule is CC1COCCC1n1ncnc1-n1[c-]ccc1.[Ir].[c-]1ccccc1-n1cccn1. The van der Waals surface area contributed by atoms with E-state index in [0.717, 1.165) is 31.3 Å². The molecule has 1 aliphatic rings. The molecule has 0 spiro atoms. The maximum atomic E-state index is 5.46. The largest absolute Gasteiger partial charge is 0.420 e.